The molecule has 1 saturated heterocycles. The zero-order valence-corrected chi connectivity index (χ0v) is 12.8. The molecule has 1 fully saturated rings. The Hall–Kier alpha value is -2.14. The fourth-order valence-electron chi connectivity index (χ4n) is 2.72. The number of nitrogens with one attached hydrogen (secondary N) is 1. The van der Waals surface area contributed by atoms with E-state index in [1.165, 1.54) is 12.4 Å². The highest BCUT2D eigenvalue weighted by Gasteiger charge is 2.23. The fourth-order valence-corrected chi connectivity index (χ4v) is 2.97. The van der Waals surface area contributed by atoms with Gasteiger partial charge in [0, 0.05) is 19.1 Å². The molecule has 3 rings (SSSR count). The topological polar surface area (TPSA) is 58.1 Å². The van der Waals surface area contributed by atoms with Crippen molar-refractivity contribution >= 4 is 23.2 Å². The second kappa shape index (κ2) is 6.75. The van der Waals surface area contributed by atoms with Gasteiger partial charge in [0.1, 0.15) is 0 Å². The predicted octanol–water partition coefficient (Wildman–Crippen LogP) is 2.53. The minimum Gasteiger partial charge on any atom is -0.368 e. The zero-order valence-electron chi connectivity index (χ0n) is 12.1. The minimum atomic E-state index is -0.110. The van der Waals surface area contributed by atoms with E-state index in [9.17, 15) is 4.79 Å². The number of halogens is 1. The van der Waals surface area contributed by atoms with Crippen LogP contribution in [-0.2, 0) is 0 Å². The van der Waals surface area contributed by atoms with Crippen LogP contribution in [0.1, 0.15) is 23.2 Å². The molecule has 22 heavy (non-hydrogen) atoms. The molecule has 0 aliphatic carbocycles. The lowest BCUT2D eigenvalue weighted by Crippen LogP contribution is -2.48. The molecule has 1 aliphatic rings. The van der Waals surface area contributed by atoms with Crippen molar-refractivity contribution in [2.24, 2.45) is 0 Å². The highest BCUT2D eigenvalue weighted by Crippen LogP contribution is 2.27. The van der Waals surface area contributed by atoms with Crippen LogP contribution in [0.15, 0.2) is 42.7 Å². The van der Waals surface area contributed by atoms with Gasteiger partial charge < -0.3 is 10.2 Å². The Balaban J connectivity index is 1.66. The summed E-state index contributed by atoms with van der Waals surface area (Å²) in [6, 6.07) is 9.57. The van der Waals surface area contributed by atoms with Crippen LogP contribution in [0, 0.1) is 0 Å². The van der Waals surface area contributed by atoms with E-state index >= 15 is 0 Å². The molecule has 1 amide bonds. The molecule has 2 heterocycles. The number of benzene rings is 1. The highest BCUT2D eigenvalue weighted by atomic mass is 35.5. The fraction of sp³-hybridized carbons (Fsp3) is 0.312. The number of aromatic nitrogens is 2. The van der Waals surface area contributed by atoms with E-state index in [1.807, 2.05) is 24.3 Å². The number of piperidine rings is 1. The largest absolute Gasteiger partial charge is 0.368 e. The number of para-hydroxylation sites is 1. The molecule has 6 heteroatoms. The van der Waals surface area contributed by atoms with Gasteiger partial charge in [-0.05, 0) is 31.0 Å². The summed E-state index contributed by atoms with van der Waals surface area (Å²) in [6.45, 7) is 1.71. The van der Waals surface area contributed by atoms with Crippen molar-refractivity contribution in [3.63, 3.8) is 0 Å². The normalized spacial score (nSPS) is 18.0. The Kier molecular flexibility index (Phi) is 4.53. The Morgan fingerprint density at radius 1 is 1.27 bits per heavy atom. The summed E-state index contributed by atoms with van der Waals surface area (Å²) in [7, 11) is 0. The third kappa shape index (κ3) is 3.36. The Bertz CT molecular complexity index is 650. The summed E-state index contributed by atoms with van der Waals surface area (Å²) >= 11 is 6.26. The number of carbonyl (C=O) groups excluding carboxylic acids is 1. The van der Waals surface area contributed by atoms with Crippen molar-refractivity contribution in [1.29, 1.82) is 0 Å². The second-order valence-electron chi connectivity index (χ2n) is 5.34. The number of carbonyl (C=O) groups is 1. The van der Waals surface area contributed by atoms with Gasteiger partial charge >= 0.3 is 0 Å². The van der Waals surface area contributed by atoms with E-state index in [-0.39, 0.29) is 11.9 Å². The molecule has 0 spiro atoms. The van der Waals surface area contributed by atoms with E-state index in [4.69, 9.17) is 11.6 Å². The first kappa shape index (κ1) is 14.8. The first-order valence-corrected chi connectivity index (χ1v) is 7.69. The second-order valence-corrected chi connectivity index (χ2v) is 5.75. The van der Waals surface area contributed by atoms with Crippen LogP contribution in [0.3, 0.4) is 0 Å². The Morgan fingerprint density at radius 3 is 2.91 bits per heavy atom. The summed E-state index contributed by atoms with van der Waals surface area (Å²) in [4.78, 5) is 14.4. The highest BCUT2D eigenvalue weighted by molar-refractivity contribution is 6.33. The molecule has 0 radical (unpaired) electrons. The molecule has 0 saturated carbocycles. The molecule has 2 aromatic rings. The number of hydrogen-bond acceptors (Lipinski definition) is 4. The smallest absolute Gasteiger partial charge is 0.253 e. The monoisotopic (exact) mass is 316 g/mol. The zero-order chi connectivity index (χ0) is 15.4. The molecule has 114 valence electrons. The van der Waals surface area contributed by atoms with E-state index in [2.05, 4.69) is 20.4 Å². The predicted molar refractivity (Wildman–Crippen MR) is 86.2 cm³/mol. The molecular weight excluding hydrogens is 300 g/mol. The summed E-state index contributed by atoms with van der Waals surface area (Å²) in [5.41, 5.74) is 1.55. The minimum absolute atomic E-state index is 0.102. The first-order valence-electron chi connectivity index (χ1n) is 7.31. The number of anilines is 1. The molecule has 0 bridgehead atoms. The quantitative estimate of drug-likeness (QED) is 0.945. The average molecular weight is 317 g/mol. The van der Waals surface area contributed by atoms with Crippen molar-refractivity contribution in [3.05, 3.63) is 53.3 Å². The van der Waals surface area contributed by atoms with E-state index in [1.54, 1.807) is 6.07 Å². The van der Waals surface area contributed by atoms with Gasteiger partial charge in [-0.1, -0.05) is 23.7 Å². The van der Waals surface area contributed by atoms with Crippen LogP contribution in [0.4, 0.5) is 5.69 Å². The van der Waals surface area contributed by atoms with Gasteiger partial charge in [0.2, 0.25) is 0 Å². The SMILES string of the molecule is O=C(N[C@H]1CCCN(c2ccccc2Cl)C1)c1ccnnc1. The van der Waals surface area contributed by atoms with Crippen LogP contribution in [0.2, 0.25) is 5.02 Å². The van der Waals surface area contributed by atoms with Gasteiger partial charge in [-0.25, -0.2) is 0 Å². The van der Waals surface area contributed by atoms with E-state index < -0.39 is 0 Å². The van der Waals surface area contributed by atoms with E-state index in [0.29, 0.717) is 5.56 Å². The van der Waals surface area contributed by atoms with Crippen LogP contribution in [0.25, 0.3) is 0 Å². The van der Waals surface area contributed by atoms with Crippen LogP contribution >= 0.6 is 11.6 Å². The van der Waals surface area contributed by atoms with Crippen molar-refractivity contribution in [2.45, 2.75) is 18.9 Å². The van der Waals surface area contributed by atoms with Gasteiger partial charge in [-0.3, -0.25) is 4.79 Å². The molecule has 1 N–H and O–H groups in total. The number of hydrogen-bond donors (Lipinski definition) is 1. The van der Waals surface area contributed by atoms with Crippen LogP contribution in [0.5, 0.6) is 0 Å². The maximum atomic E-state index is 12.2. The molecular formula is C16H17ClN4O. The average Bonchev–Trinajstić information content (AvgIpc) is 2.56. The van der Waals surface area contributed by atoms with Gasteiger partial charge in [0.15, 0.2) is 0 Å². The van der Waals surface area contributed by atoms with Crippen molar-refractivity contribution in [3.8, 4) is 0 Å². The third-order valence-corrected chi connectivity index (χ3v) is 4.12. The van der Waals surface area contributed by atoms with Gasteiger partial charge in [0.25, 0.3) is 5.91 Å². The number of rotatable bonds is 3. The van der Waals surface area contributed by atoms with Crippen LogP contribution < -0.4 is 10.2 Å². The van der Waals surface area contributed by atoms with Crippen LogP contribution in [-0.4, -0.2) is 35.2 Å². The van der Waals surface area contributed by atoms with Gasteiger partial charge in [-0.2, -0.15) is 10.2 Å². The molecule has 1 aliphatic heterocycles. The summed E-state index contributed by atoms with van der Waals surface area (Å²) in [5.74, 6) is -0.110. The molecule has 1 aromatic heterocycles. The third-order valence-electron chi connectivity index (χ3n) is 3.80. The lowest BCUT2D eigenvalue weighted by molar-refractivity contribution is 0.0932. The Morgan fingerprint density at radius 2 is 2.14 bits per heavy atom. The van der Waals surface area contributed by atoms with Crippen molar-refractivity contribution < 1.29 is 4.79 Å². The summed E-state index contributed by atoms with van der Waals surface area (Å²) in [6.07, 6.45) is 4.98. The first-order chi connectivity index (χ1) is 10.7. The van der Waals surface area contributed by atoms with E-state index in [0.717, 1.165) is 36.6 Å². The lowest BCUT2D eigenvalue weighted by atomic mass is 10.0. The standard InChI is InChI=1S/C16H17ClN4O/c17-14-5-1-2-6-15(14)21-9-3-4-13(11-21)20-16(22)12-7-8-18-19-10-12/h1-2,5-8,10,13H,3-4,9,11H2,(H,20,22)/t13-/m0/s1. The van der Waals surface area contributed by atoms with Crippen molar-refractivity contribution in [2.75, 3.05) is 18.0 Å². The maximum absolute atomic E-state index is 12.2. The number of amides is 1. The molecule has 5 nitrogen and oxygen atoms in total. The summed E-state index contributed by atoms with van der Waals surface area (Å²) in [5, 5.41) is 11.2. The Labute approximate surface area is 134 Å². The summed E-state index contributed by atoms with van der Waals surface area (Å²) < 4.78 is 0. The van der Waals surface area contributed by atoms with Gasteiger partial charge in [0.05, 0.1) is 28.7 Å². The maximum Gasteiger partial charge on any atom is 0.253 e. The molecule has 0 unspecified atom stereocenters. The molecule has 1 aromatic carbocycles. The van der Waals surface area contributed by atoms with Gasteiger partial charge in [-0.15, -0.1) is 0 Å². The lowest BCUT2D eigenvalue weighted by Gasteiger charge is -2.35. The number of nitrogens with zero attached hydrogens (tertiary/aromatic N) is 3. The van der Waals surface area contributed by atoms with Crippen molar-refractivity contribution in [1.82, 2.24) is 15.5 Å². The molecule has 1 atom stereocenters.